The molecular weight excluding hydrogens is 475 g/mol. The summed E-state index contributed by atoms with van der Waals surface area (Å²) in [5.74, 6) is 0.514. The van der Waals surface area contributed by atoms with Gasteiger partial charge in [-0.25, -0.2) is 0 Å². The van der Waals surface area contributed by atoms with Gasteiger partial charge in [-0.15, -0.1) is 0 Å². The number of carbonyl (C=O) groups is 2. The number of ether oxygens (including phenoxy) is 2. The van der Waals surface area contributed by atoms with E-state index in [2.05, 4.69) is 5.32 Å². The topological polar surface area (TPSA) is 67.9 Å². The monoisotopic (exact) mass is 500 g/mol. The molecule has 8 heteroatoms. The summed E-state index contributed by atoms with van der Waals surface area (Å²) in [6.07, 6.45) is 0. The first-order valence-electron chi connectivity index (χ1n) is 10.7. The van der Waals surface area contributed by atoms with Gasteiger partial charge in [0.2, 0.25) is 5.91 Å². The minimum atomic E-state index is -0.740. The predicted molar refractivity (Wildman–Crippen MR) is 133 cm³/mol. The summed E-state index contributed by atoms with van der Waals surface area (Å²) in [5.41, 5.74) is 1.75. The fourth-order valence-corrected chi connectivity index (χ4v) is 3.55. The minimum Gasteiger partial charge on any atom is -0.497 e. The molecule has 0 aliphatic carbocycles. The van der Waals surface area contributed by atoms with Crippen molar-refractivity contribution in [2.45, 2.75) is 26.1 Å². The molecule has 0 bridgehead atoms. The van der Waals surface area contributed by atoms with E-state index in [4.69, 9.17) is 32.7 Å². The Morgan fingerprint density at radius 3 is 2.24 bits per heavy atom. The Morgan fingerprint density at radius 2 is 1.59 bits per heavy atom. The summed E-state index contributed by atoms with van der Waals surface area (Å²) in [5, 5.41) is 3.89. The molecule has 0 aromatic heterocycles. The predicted octanol–water partition coefficient (Wildman–Crippen LogP) is 5.11. The maximum absolute atomic E-state index is 13.1. The van der Waals surface area contributed by atoms with Crippen LogP contribution in [-0.4, -0.2) is 36.5 Å². The molecule has 0 radical (unpaired) electrons. The average molecular weight is 501 g/mol. The number of hydrogen-bond donors (Lipinski definition) is 1. The number of nitrogens with zero attached hydrogens (tertiary/aromatic N) is 1. The number of methoxy groups -OCH3 is 1. The second-order valence-electron chi connectivity index (χ2n) is 7.61. The molecule has 2 amide bonds. The maximum Gasteiger partial charge on any atom is 0.261 e. The van der Waals surface area contributed by atoms with E-state index in [1.807, 2.05) is 36.4 Å². The van der Waals surface area contributed by atoms with Crippen LogP contribution in [0.5, 0.6) is 11.5 Å². The number of nitrogens with one attached hydrogen (secondary N) is 1. The van der Waals surface area contributed by atoms with Crippen LogP contribution in [0.15, 0.2) is 72.8 Å². The largest absolute Gasteiger partial charge is 0.497 e. The SMILES string of the molecule is COc1ccc(CNC(=O)[C@H](C)N(Cc2ccc(Cl)cc2)C(=O)COc2ccccc2Cl)cc1. The van der Waals surface area contributed by atoms with Crippen LogP contribution < -0.4 is 14.8 Å². The molecule has 178 valence electrons. The van der Waals surface area contributed by atoms with Gasteiger partial charge in [-0.1, -0.05) is 59.6 Å². The van der Waals surface area contributed by atoms with Gasteiger partial charge in [0.25, 0.3) is 5.91 Å². The van der Waals surface area contributed by atoms with Crippen LogP contribution in [0, 0.1) is 0 Å². The lowest BCUT2D eigenvalue weighted by atomic mass is 10.1. The zero-order valence-corrected chi connectivity index (χ0v) is 20.5. The minimum absolute atomic E-state index is 0.221. The standard InChI is InChI=1S/C26H26Cl2N2O4/c1-18(26(32)29-15-19-9-13-22(33-2)14-10-19)30(16-20-7-11-21(27)12-8-20)25(31)17-34-24-6-4-3-5-23(24)28/h3-14,18H,15-17H2,1-2H3,(H,29,32)/t18-/m0/s1. The molecule has 34 heavy (non-hydrogen) atoms. The van der Waals surface area contributed by atoms with Crippen molar-refractivity contribution in [2.75, 3.05) is 13.7 Å². The van der Waals surface area contributed by atoms with Crippen molar-refractivity contribution in [3.8, 4) is 11.5 Å². The molecule has 0 heterocycles. The zero-order valence-electron chi connectivity index (χ0n) is 19.0. The molecule has 3 rings (SSSR count). The normalized spacial score (nSPS) is 11.4. The third kappa shape index (κ3) is 7.14. The Labute approximate surface area is 209 Å². The van der Waals surface area contributed by atoms with E-state index in [9.17, 15) is 9.59 Å². The highest BCUT2D eigenvalue weighted by Gasteiger charge is 2.26. The first-order valence-corrected chi connectivity index (χ1v) is 11.4. The Bertz CT molecular complexity index is 1100. The van der Waals surface area contributed by atoms with E-state index >= 15 is 0 Å². The fraction of sp³-hybridized carbons (Fsp3) is 0.231. The van der Waals surface area contributed by atoms with Crippen LogP contribution in [-0.2, 0) is 22.7 Å². The summed E-state index contributed by atoms with van der Waals surface area (Å²) in [6.45, 7) is 1.98. The fourth-order valence-electron chi connectivity index (χ4n) is 3.23. The lowest BCUT2D eigenvalue weighted by molar-refractivity contribution is -0.142. The van der Waals surface area contributed by atoms with Crippen molar-refractivity contribution in [2.24, 2.45) is 0 Å². The van der Waals surface area contributed by atoms with Gasteiger partial charge in [0.1, 0.15) is 17.5 Å². The van der Waals surface area contributed by atoms with E-state index in [0.29, 0.717) is 22.3 Å². The summed E-state index contributed by atoms with van der Waals surface area (Å²) in [7, 11) is 1.60. The number of benzene rings is 3. The lowest BCUT2D eigenvalue weighted by Crippen LogP contribution is -2.48. The van der Waals surface area contributed by atoms with Gasteiger partial charge < -0.3 is 19.7 Å². The molecule has 0 fully saturated rings. The van der Waals surface area contributed by atoms with Gasteiger partial charge >= 0.3 is 0 Å². The van der Waals surface area contributed by atoms with Gasteiger partial charge in [-0.2, -0.15) is 0 Å². The van der Waals surface area contributed by atoms with Crippen LogP contribution in [0.2, 0.25) is 10.0 Å². The highest BCUT2D eigenvalue weighted by atomic mass is 35.5. The average Bonchev–Trinajstić information content (AvgIpc) is 2.86. The molecule has 0 unspecified atom stereocenters. The van der Waals surface area contributed by atoms with Crippen molar-refractivity contribution >= 4 is 35.0 Å². The lowest BCUT2D eigenvalue weighted by Gasteiger charge is -2.29. The van der Waals surface area contributed by atoms with Crippen LogP contribution in [0.3, 0.4) is 0 Å². The Hall–Kier alpha value is -3.22. The molecule has 0 saturated carbocycles. The van der Waals surface area contributed by atoms with Crippen LogP contribution in [0.4, 0.5) is 0 Å². The molecule has 0 saturated heterocycles. The van der Waals surface area contributed by atoms with E-state index in [1.54, 1.807) is 50.4 Å². The highest BCUT2D eigenvalue weighted by Crippen LogP contribution is 2.23. The summed E-state index contributed by atoms with van der Waals surface area (Å²) in [4.78, 5) is 27.5. The van der Waals surface area contributed by atoms with E-state index in [1.165, 1.54) is 4.90 Å². The molecule has 0 aliphatic rings. The van der Waals surface area contributed by atoms with Gasteiger partial charge in [0, 0.05) is 18.1 Å². The first kappa shape index (κ1) is 25.4. The molecule has 6 nitrogen and oxygen atoms in total. The third-order valence-electron chi connectivity index (χ3n) is 5.25. The van der Waals surface area contributed by atoms with Crippen molar-refractivity contribution < 1.29 is 19.1 Å². The van der Waals surface area contributed by atoms with Crippen molar-refractivity contribution in [3.05, 3.63) is 94.0 Å². The van der Waals surface area contributed by atoms with E-state index in [0.717, 1.165) is 16.9 Å². The molecule has 3 aromatic carbocycles. The molecule has 1 atom stereocenters. The number of para-hydroxylation sites is 1. The molecule has 0 spiro atoms. The number of rotatable bonds is 10. The molecular formula is C26H26Cl2N2O4. The van der Waals surface area contributed by atoms with Crippen LogP contribution in [0.25, 0.3) is 0 Å². The van der Waals surface area contributed by atoms with Gasteiger partial charge in [-0.3, -0.25) is 9.59 Å². The zero-order chi connectivity index (χ0) is 24.5. The number of carbonyl (C=O) groups excluding carboxylic acids is 2. The second kappa shape index (κ2) is 12.3. The van der Waals surface area contributed by atoms with Crippen molar-refractivity contribution in [1.29, 1.82) is 0 Å². The Morgan fingerprint density at radius 1 is 0.941 bits per heavy atom. The Balaban J connectivity index is 1.69. The van der Waals surface area contributed by atoms with Gasteiger partial charge in [0.15, 0.2) is 6.61 Å². The quantitative estimate of drug-likeness (QED) is 0.419. The smallest absolute Gasteiger partial charge is 0.261 e. The Kier molecular flexibility index (Phi) is 9.19. The summed E-state index contributed by atoms with van der Waals surface area (Å²) >= 11 is 12.1. The van der Waals surface area contributed by atoms with E-state index < -0.39 is 6.04 Å². The summed E-state index contributed by atoms with van der Waals surface area (Å²) < 4.78 is 10.8. The number of amides is 2. The number of hydrogen-bond acceptors (Lipinski definition) is 4. The van der Waals surface area contributed by atoms with Crippen molar-refractivity contribution in [3.63, 3.8) is 0 Å². The number of halogens is 2. The molecule has 3 aromatic rings. The summed E-state index contributed by atoms with van der Waals surface area (Å²) in [6, 6.07) is 20.7. The second-order valence-corrected chi connectivity index (χ2v) is 8.45. The van der Waals surface area contributed by atoms with Crippen LogP contribution >= 0.6 is 23.2 Å². The molecule has 0 aliphatic heterocycles. The van der Waals surface area contributed by atoms with Gasteiger partial charge in [-0.05, 0) is 54.4 Å². The van der Waals surface area contributed by atoms with Crippen molar-refractivity contribution in [1.82, 2.24) is 10.2 Å². The first-order chi connectivity index (χ1) is 16.4. The molecule has 1 N–H and O–H groups in total. The third-order valence-corrected chi connectivity index (χ3v) is 5.81. The van der Waals surface area contributed by atoms with E-state index in [-0.39, 0.29) is 25.0 Å². The van der Waals surface area contributed by atoms with Gasteiger partial charge in [0.05, 0.1) is 12.1 Å². The highest BCUT2D eigenvalue weighted by molar-refractivity contribution is 6.32. The maximum atomic E-state index is 13.1. The van der Waals surface area contributed by atoms with Crippen LogP contribution in [0.1, 0.15) is 18.1 Å².